The number of amides is 1. The molecule has 0 atom stereocenters. The van der Waals surface area contributed by atoms with Gasteiger partial charge in [0.15, 0.2) is 24.7 Å². The number of rotatable bonds is 8. The van der Waals surface area contributed by atoms with Crippen LogP contribution in [0.5, 0.6) is 17.2 Å². The first-order valence-electron chi connectivity index (χ1n) is 7.67. The van der Waals surface area contributed by atoms with E-state index in [1.54, 1.807) is 24.3 Å². The molecule has 2 aromatic carbocycles. The van der Waals surface area contributed by atoms with Crippen LogP contribution in [-0.2, 0) is 14.3 Å². The van der Waals surface area contributed by atoms with Crippen LogP contribution in [0.2, 0.25) is 0 Å². The van der Waals surface area contributed by atoms with Crippen molar-refractivity contribution in [3.05, 3.63) is 48.5 Å². The van der Waals surface area contributed by atoms with Crippen molar-refractivity contribution in [2.75, 3.05) is 25.1 Å². The highest BCUT2D eigenvalue weighted by Crippen LogP contribution is 2.26. The van der Waals surface area contributed by atoms with Gasteiger partial charge in [0.1, 0.15) is 5.75 Å². The number of hydrogen-bond donors (Lipinski definition) is 2. The molecule has 1 amide bonds. The molecule has 0 saturated carbocycles. The van der Waals surface area contributed by atoms with Gasteiger partial charge in [-0.3, -0.25) is 4.79 Å². The number of para-hydroxylation sites is 2. The lowest BCUT2D eigenvalue weighted by molar-refractivity contribution is -0.149. The van der Waals surface area contributed by atoms with E-state index in [4.69, 9.17) is 19.3 Å². The molecule has 0 saturated heterocycles. The van der Waals surface area contributed by atoms with Crippen molar-refractivity contribution < 1.29 is 28.9 Å². The van der Waals surface area contributed by atoms with Gasteiger partial charge in [-0.2, -0.15) is 0 Å². The first kappa shape index (κ1) is 18.1. The van der Waals surface area contributed by atoms with Crippen molar-refractivity contribution in [1.29, 1.82) is 0 Å². The van der Waals surface area contributed by atoms with Crippen LogP contribution < -0.4 is 14.8 Å². The fourth-order valence-electron chi connectivity index (χ4n) is 1.91. The van der Waals surface area contributed by atoms with E-state index in [9.17, 15) is 9.59 Å². The zero-order valence-electron chi connectivity index (χ0n) is 13.7. The average molecular weight is 345 g/mol. The van der Waals surface area contributed by atoms with Crippen molar-refractivity contribution in [3.63, 3.8) is 0 Å². The molecule has 0 heterocycles. The second-order valence-corrected chi connectivity index (χ2v) is 4.92. The lowest BCUT2D eigenvalue weighted by atomic mass is 10.3. The minimum atomic E-state index is -0.674. The van der Waals surface area contributed by atoms with Crippen LogP contribution in [0.15, 0.2) is 48.5 Å². The Bertz CT molecular complexity index is 714. The lowest BCUT2D eigenvalue weighted by Gasteiger charge is -2.11. The van der Waals surface area contributed by atoms with Crippen LogP contribution in [0.1, 0.15) is 6.92 Å². The number of hydrogen-bond acceptors (Lipinski definition) is 6. The number of nitrogens with one attached hydrogen (secondary N) is 1. The number of esters is 1. The van der Waals surface area contributed by atoms with Crippen LogP contribution in [0.3, 0.4) is 0 Å². The summed E-state index contributed by atoms with van der Waals surface area (Å²) in [6.07, 6.45) is 0. The topological polar surface area (TPSA) is 94.1 Å². The molecule has 25 heavy (non-hydrogen) atoms. The van der Waals surface area contributed by atoms with Gasteiger partial charge >= 0.3 is 5.97 Å². The minimum Gasteiger partial charge on any atom is -0.508 e. The van der Waals surface area contributed by atoms with Gasteiger partial charge in [0.2, 0.25) is 0 Å². The Labute approximate surface area is 145 Å². The number of carbonyl (C=O) groups excluding carboxylic acids is 2. The molecule has 7 heteroatoms. The summed E-state index contributed by atoms with van der Waals surface area (Å²) < 4.78 is 15.6. The van der Waals surface area contributed by atoms with E-state index in [0.29, 0.717) is 23.8 Å². The first-order valence-corrected chi connectivity index (χ1v) is 7.67. The smallest absolute Gasteiger partial charge is 0.344 e. The number of ether oxygens (including phenoxy) is 3. The zero-order valence-corrected chi connectivity index (χ0v) is 13.7. The summed E-state index contributed by atoms with van der Waals surface area (Å²) in [6.45, 7) is 1.55. The van der Waals surface area contributed by atoms with E-state index < -0.39 is 18.5 Å². The predicted octanol–water partition coefficient (Wildman–Crippen LogP) is 2.35. The Hall–Kier alpha value is -3.22. The van der Waals surface area contributed by atoms with E-state index in [0.717, 1.165) is 0 Å². The maximum Gasteiger partial charge on any atom is 0.344 e. The van der Waals surface area contributed by atoms with Crippen LogP contribution in [-0.4, -0.2) is 36.8 Å². The largest absolute Gasteiger partial charge is 0.508 e. The second-order valence-electron chi connectivity index (χ2n) is 4.92. The quantitative estimate of drug-likeness (QED) is 0.563. The summed E-state index contributed by atoms with van der Waals surface area (Å²) in [5.41, 5.74) is 0.487. The molecular formula is C18H19NO6. The number of phenols is 1. The summed E-state index contributed by atoms with van der Waals surface area (Å²) in [7, 11) is 0. The molecule has 2 N–H and O–H groups in total. The molecule has 2 aromatic rings. The summed E-state index contributed by atoms with van der Waals surface area (Å²) in [4.78, 5) is 23.4. The molecule has 0 radical (unpaired) electrons. The van der Waals surface area contributed by atoms with E-state index >= 15 is 0 Å². The summed E-state index contributed by atoms with van der Waals surface area (Å²) in [6, 6.07) is 12.9. The summed E-state index contributed by atoms with van der Waals surface area (Å²) in [5, 5.41) is 11.7. The number of aromatic hydroxyl groups is 1. The molecule has 0 aliphatic heterocycles. The molecule has 132 valence electrons. The van der Waals surface area contributed by atoms with E-state index in [1.165, 1.54) is 24.3 Å². The van der Waals surface area contributed by atoms with Crippen molar-refractivity contribution >= 4 is 17.6 Å². The Morgan fingerprint density at radius 3 is 2.24 bits per heavy atom. The highest BCUT2D eigenvalue weighted by Gasteiger charge is 2.11. The number of carbonyl (C=O) groups is 2. The van der Waals surface area contributed by atoms with Crippen LogP contribution in [0.4, 0.5) is 5.69 Å². The highest BCUT2D eigenvalue weighted by atomic mass is 16.6. The number of benzene rings is 2. The van der Waals surface area contributed by atoms with Crippen molar-refractivity contribution in [2.24, 2.45) is 0 Å². The second kappa shape index (κ2) is 9.17. The third-order valence-electron chi connectivity index (χ3n) is 3.01. The summed E-state index contributed by atoms with van der Waals surface area (Å²) >= 11 is 0. The van der Waals surface area contributed by atoms with Gasteiger partial charge in [0.05, 0.1) is 6.61 Å². The Morgan fingerprint density at radius 2 is 1.60 bits per heavy atom. The fraction of sp³-hybridized carbons (Fsp3) is 0.222. The Morgan fingerprint density at radius 1 is 0.960 bits per heavy atom. The molecule has 0 aliphatic rings. The average Bonchev–Trinajstić information content (AvgIpc) is 2.61. The van der Waals surface area contributed by atoms with E-state index in [2.05, 4.69) is 5.32 Å². The molecule has 0 aliphatic carbocycles. The lowest BCUT2D eigenvalue weighted by Crippen LogP contribution is -2.23. The maximum absolute atomic E-state index is 11.7. The first-order chi connectivity index (χ1) is 12.1. The van der Waals surface area contributed by atoms with Gasteiger partial charge in [-0.1, -0.05) is 12.1 Å². The van der Waals surface area contributed by atoms with Gasteiger partial charge in [-0.15, -0.1) is 0 Å². The standard InChI is InChI=1S/C18H19NO6/c1-2-23-15-5-3-4-6-16(15)24-12-18(22)25-11-17(21)19-13-7-9-14(20)10-8-13/h3-10,20H,2,11-12H2,1H3,(H,19,21). The molecule has 0 bridgehead atoms. The predicted molar refractivity (Wildman–Crippen MR) is 90.8 cm³/mol. The van der Waals surface area contributed by atoms with Crippen LogP contribution in [0, 0.1) is 0 Å². The van der Waals surface area contributed by atoms with Crippen LogP contribution >= 0.6 is 0 Å². The number of anilines is 1. The molecular weight excluding hydrogens is 326 g/mol. The van der Waals surface area contributed by atoms with Gasteiger partial charge in [0.25, 0.3) is 5.91 Å². The van der Waals surface area contributed by atoms with E-state index in [-0.39, 0.29) is 12.4 Å². The fourth-order valence-corrected chi connectivity index (χ4v) is 1.91. The van der Waals surface area contributed by atoms with Gasteiger partial charge in [-0.05, 0) is 43.3 Å². The highest BCUT2D eigenvalue weighted by molar-refractivity contribution is 5.92. The van der Waals surface area contributed by atoms with E-state index in [1.807, 2.05) is 6.92 Å². The van der Waals surface area contributed by atoms with Crippen LogP contribution in [0.25, 0.3) is 0 Å². The molecule has 0 unspecified atom stereocenters. The van der Waals surface area contributed by atoms with Gasteiger partial charge < -0.3 is 24.6 Å². The SMILES string of the molecule is CCOc1ccccc1OCC(=O)OCC(=O)Nc1ccc(O)cc1. The molecule has 2 rings (SSSR count). The Balaban J connectivity index is 1.75. The third-order valence-corrected chi connectivity index (χ3v) is 3.01. The molecule has 0 aromatic heterocycles. The van der Waals surface area contributed by atoms with Crippen molar-refractivity contribution in [1.82, 2.24) is 0 Å². The molecule has 0 spiro atoms. The minimum absolute atomic E-state index is 0.0916. The number of phenolic OH excluding ortho intramolecular Hbond substituents is 1. The maximum atomic E-state index is 11.7. The van der Waals surface area contributed by atoms with Gasteiger partial charge in [0, 0.05) is 5.69 Å². The van der Waals surface area contributed by atoms with Crippen molar-refractivity contribution in [2.45, 2.75) is 6.92 Å². The third kappa shape index (κ3) is 6.06. The van der Waals surface area contributed by atoms with Gasteiger partial charge in [-0.25, -0.2) is 4.79 Å². The summed E-state index contributed by atoms with van der Waals surface area (Å²) in [5.74, 6) is -0.118. The normalized spacial score (nSPS) is 9.96. The molecule has 0 fully saturated rings. The van der Waals surface area contributed by atoms with Crippen molar-refractivity contribution in [3.8, 4) is 17.2 Å². The monoisotopic (exact) mass is 345 g/mol. The molecule has 7 nitrogen and oxygen atoms in total. The Kier molecular flexibility index (Phi) is 6.65. The zero-order chi connectivity index (χ0) is 18.1.